The Balaban J connectivity index is 4.86. The van der Waals surface area contributed by atoms with Crippen molar-refractivity contribution < 1.29 is 35.5 Å². The van der Waals surface area contributed by atoms with Crippen molar-refractivity contribution in [1.82, 2.24) is 5.32 Å². The van der Waals surface area contributed by atoms with Crippen LogP contribution in [0.5, 0.6) is 0 Å². The highest BCUT2D eigenvalue weighted by Crippen LogP contribution is 2.45. The molecule has 0 aromatic heterocycles. The van der Waals surface area contributed by atoms with Crippen molar-refractivity contribution in [3.05, 3.63) is 0 Å². The van der Waals surface area contributed by atoms with E-state index in [1.165, 1.54) is 24.0 Å². The second kappa shape index (κ2) is 6.19. The molecule has 0 fully saturated rings. The van der Waals surface area contributed by atoms with Gasteiger partial charge in [-0.3, -0.25) is 4.79 Å². The van der Waals surface area contributed by atoms with E-state index >= 15 is 0 Å². The molecule has 0 bridgehead atoms. The van der Waals surface area contributed by atoms with E-state index in [2.05, 4.69) is 0 Å². The Hall–Kier alpha value is -0.670. The van der Waals surface area contributed by atoms with Gasteiger partial charge in [0, 0.05) is 11.7 Å². The monoisotopic (exact) mass is 315 g/mol. The first-order valence-corrected chi connectivity index (χ1v) is 6.35. The third-order valence-electron chi connectivity index (χ3n) is 2.27. The maximum atomic E-state index is 13.1. The van der Waals surface area contributed by atoms with Gasteiger partial charge in [-0.2, -0.15) is 38.1 Å². The van der Waals surface area contributed by atoms with E-state index in [0.717, 1.165) is 0 Å². The van der Waals surface area contributed by atoms with Crippen molar-refractivity contribution in [2.45, 2.75) is 24.9 Å². The summed E-state index contributed by atoms with van der Waals surface area (Å²) in [4.78, 5) is 11.2. The van der Waals surface area contributed by atoms with Crippen molar-refractivity contribution in [2.75, 3.05) is 18.6 Å². The van der Waals surface area contributed by atoms with Crippen molar-refractivity contribution in [1.29, 1.82) is 0 Å². The number of thioether (sulfide) groups is 1. The molecule has 0 saturated heterocycles. The molecule has 19 heavy (non-hydrogen) atoms. The maximum Gasteiger partial charge on any atom is 0.433 e. The molecule has 0 radical (unpaired) electrons. The Morgan fingerprint density at radius 1 is 1.11 bits per heavy atom. The summed E-state index contributed by atoms with van der Waals surface area (Å²) >= 11 is 1.18. The molecule has 1 atom stereocenters. The summed E-state index contributed by atoms with van der Waals surface area (Å²) in [6.07, 6.45) is -10.7. The van der Waals surface area contributed by atoms with E-state index in [9.17, 15) is 35.5 Å². The molecule has 0 aromatic carbocycles. The van der Waals surface area contributed by atoms with E-state index in [-0.39, 0.29) is 5.75 Å². The molecule has 0 aliphatic carbocycles. The summed E-state index contributed by atoms with van der Waals surface area (Å²) in [5.41, 5.74) is -5.45. The normalized spacial score (nSPS) is 15.2. The number of alkyl halides is 7. The van der Waals surface area contributed by atoms with Gasteiger partial charge in [-0.05, 0) is 6.26 Å². The summed E-state index contributed by atoms with van der Waals surface area (Å²) in [5.74, 6) is -1.69. The van der Waals surface area contributed by atoms with Crippen molar-refractivity contribution >= 4 is 17.7 Å². The molecule has 114 valence electrons. The molecular weight excluding hydrogens is 303 g/mol. The lowest BCUT2D eigenvalue weighted by molar-refractivity contribution is -0.338. The Bertz CT molecular complexity index is 301. The fourth-order valence-electron chi connectivity index (χ4n) is 1.07. The van der Waals surface area contributed by atoms with Crippen LogP contribution >= 0.6 is 11.8 Å². The van der Waals surface area contributed by atoms with Crippen molar-refractivity contribution in [2.24, 2.45) is 5.92 Å². The highest BCUT2D eigenvalue weighted by molar-refractivity contribution is 7.98. The predicted molar refractivity (Wildman–Crippen MR) is 56.5 cm³/mol. The number of carbonyl (C=O) groups is 1. The third kappa shape index (κ3) is 4.43. The van der Waals surface area contributed by atoms with Gasteiger partial charge in [-0.25, -0.2) is 4.39 Å². The molecule has 0 heterocycles. The number of amides is 1. The van der Waals surface area contributed by atoms with Crippen LogP contribution in [0.25, 0.3) is 0 Å². The topological polar surface area (TPSA) is 29.1 Å². The minimum absolute atomic E-state index is 0.198. The summed E-state index contributed by atoms with van der Waals surface area (Å²) < 4.78 is 86.0. The zero-order chi connectivity index (χ0) is 15.5. The van der Waals surface area contributed by atoms with Gasteiger partial charge < -0.3 is 5.32 Å². The highest BCUT2D eigenvalue weighted by Gasteiger charge is 2.72. The second-order valence-electron chi connectivity index (χ2n) is 3.87. The van der Waals surface area contributed by atoms with E-state index in [1.807, 2.05) is 0 Å². The minimum Gasteiger partial charge on any atom is -0.352 e. The van der Waals surface area contributed by atoms with Crippen molar-refractivity contribution in [3.8, 4) is 0 Å². The van der Waals surface area contributed by atoms with Crippen LogP contribution in [-0.4, -0.2) is 42.5 Å². The van der Waals surface area contributed by atoms with Crippen LogP contribution in [0.4, 0.5) is 30.7 Å². The maximum absolute atomic E-state index is 13.1. The second-order valence-corrected chi connectivity index (χ2v) is 4.78. The molecule has 0 aliphatic rings. The third-order valence-corrected chi connectivity index (χ3v) is 3.10. The molecule has 1 unspecified atom stereocenters. The van der Waals surface area contributed by atoms with Crippen LogP contribution in [0.3, 0.4) is 0 Å². The van der Waals surface area contributed by atoms with Gasteiger partial charge in [-0.1, -0.05) is 6.92 Å². The molecule has 0 rings (SSSR count). The largest absolute Gasteiger partial charge is 0.433 e. The zero-order valence-electron chi connectivity index (χ0n) is 9.95. The van der Waals surface area contributed by atoms with Crippen LogP contribution in [-0.2, 0) is 4.79 Å². The molecule has 0 saturated carbocycles. The van der Waals surface area contributed by atoms with E-state index in [1.54, 1.807) is 6.26 Å². The van der Waals surface area contributed by atoms with Crippen LogP contribution in [0.15, 0.2) is 0 Å². The quantitative estimate of drug-likeness (QED) is 0.791. The minimum atomic E-state index is -6.15. The number of halogens is 7. The average molecular weight is 315 g/mol. The molecule has 0 spiro atoms. The molecule has 10 heteroatoms. The number of carbonyl (C=O) groups excluding carboxylic acids is 1. The predicted octanol–water partition coefficient (Wildman–Crippen LogP) is 2.93. The summed E-state index contributed by atoms with van der Waals surface area (Å²) in [7, 11) is 0. The summed E-state index contributed by atoms with van der Waals surface area (Å²) in [6.45, 7) is -0.871. The number of rotatable bonds is 5. The number of hydrogen-bond donors (Lipinski definition) is 1. The number of nitrogens with one attached hydrogen (secondary N) is 1. The molecule has 1 amide bonds. The van der Waals surface area contributed by atoms with Gasteiger partial charge in [-0.15, -0.1) is 0 Å². The van der Waals surface area contributed by atoms with E-state index < -0.39 is 36.4 Å². The van der Waals surface area contributed by atoms with E-state index in [0.29, 0.717) is 0 Å². The first kappa shape index (κ1) is 18.3. The zero-order valence-corrected chi connectivity index (χ0v) is 10.8. The van der Waals surface area contributed by atoms with Gasteiger partial charge in [0.05, 0.1) is 6.54 Å². The standard InChI is InChI=1S/C9H12F7NOS/c1-5(3-19-2)6(18)17-4-7(10,8(11,12)13)9(14,15)16/h5H,3-4H2,1-2H3,(H,17,18). The lowest BCUT2D eigenvalue weighted by atomic mass is 10.0. The Labute approximate surface area is 109 Å². The Morgan fingerprint density at radius 2 is 1.53 bits per heavy atom. The fourth-order valence-corrected chi connectivity index (χ4v) is 1.72. The number of hydrogen-bond acceptors (Lipinski definition) is 2. The van der Waals surface area contributed by atoms with Crippen LogP contribution < -0.4 is 5.32 Å². The van der Waals surface area contributed by atoms with Crippen LogP contribution in [0, 0.1) is 5.92 Å². The Kier molecular flexibility index (Phi) is 5.97. The first-order valence-electron chi connectivity index (χ1n) is 4.96. The lowest BCUT2D eigenvalue weighted by Gasteiger charge is -2.30. The van der Waals surface area contributed by atoms with Gasteiger partial charge in [0.1, 0.15) is 0 Å². The molecular formula is C9H12F7NOS. The highest BCUT2D eigenvalue weighted by atomic mass is 32.2. The van der Waals surface area contributed by atoms with Crippen LogP contribution in [0.2, 0.25) is 0 Å². The molecule has 1 N–H and O–H groups in total. The molecule has 2 nitrogen and oxygen atoms in total. The summed E-state index contributed by atoms with van der Waals surface area (Å²) in [5, 5.41) is 1.35. The summed E-state index contributed by atoms with van der Waals surface area (Å²) in [6, 6.07) is 0. The molecule has 0 aliphatic heterocycles. The van der Waals surface area contributed by atoms with E-state index in [4.69, 9.17) is 0 Å². The molecule has 0 aromatic rings. The Morgan fingerprint density at radius 3 is 1.84 bits per heavy atom. The lowest BCUT2D eigenvalue weighted by Crippen LogP contribution is -2.60. The fraction of sp³-hybridized carbons (Fsp3) is 0.889. The average Bonchev–Trinajstić information content (AvgIpc) is 2.22. The van der Waals surface area contributed by atoms with Gasteiger partial charge >= 0.3 is 18.0 Å². The SMILES string of the molecule is CSCC(C)C(=O)NCC(F)(C(F)(F)F)C(F)(F)F. The van der Waals surface area contributed by atoms with Gasteiger partial charge in [0.2, 0.25) is 5.91 Å². The van der Waals surface area contributed by atoms with Crippen LogP contribution in [0.1, 0.15) is 6.92 Å². The van der Waals surface area contributed by atoms with Crippen molar-refractivity contribution in [3.63, 3.8) is 0 Å². The first-order chi connectivity index (χ1) is 8.37. The van der Waals surface area contributed by atoms with Gasteiger partial charge in [0.15, 0.2) is 0 Å². The van der Waals surface area contributed by atoms with Gasteiger partial charge in [0.25, 0.3) is 0 Å². The smallest absolute Gasteiger partial charge is 0.352 e.